The maximum Gasteiger partial charge on any atom is 0.0949 e. The average Bonchev–Trinajstić information content (AvgIpc) is 2.83. The molecule has 0 aliphatic heterocycles. The molecule has 1 aromatic heterocycles. The molecule has 2 nitrogen and oxygen atoms in total. The van der Waals surface area contributed by atoms with Crippen molar-refractivity contribution in [3.8, 4) is 0 Å². The highest BCUT2D eigenvalue weighted by Gasteiger charge is 2.24. The van der Waals surface area contributed by atoms with Crippen LogP contribution in [0.25, 0.3) is 0 Å². The Morgan fingerprint density at radius 1 is 1.25 bits per heavy atom. The molecule has 3 rings (SSSR count). The molecule has 1 unspecified atom stereocenters. The molecular formula is C17H22N2S. The first-order chi connectivity index (χ1) is 9.54. The van der Waals surface area contributed by atoms with Crippen molar-refractivity contribution in [1.29, 1.82) is 0 Å². The molecule has 1 heterocycles. The topological polar surface area (TPSA) is 38.9 Å². The van der Waals surface area contributed by atoms with Crippen molar-refractivity contribution >= 4 is 11.3 Å². The Morgan fingerprint density at radius 2 is 2.00 bits per heavy atom. The normalized spacial score (nSPS) is 17.6. The van der Waals surface area contributed by atoms with Crippen molar-refractivity contribution in [2.45, 2.75) is 51.5 Å². The van der Waals surface area contributed by atoms with Crippen LogP contribution in [0, 0.1) is 6.92 Å². The number of aromatic nitrogens is 1. The van der Waals surface area contributed by atoms with Gasteiger partial charge in [0.05, 0.1) is 5.01 Å². The summed E-state index contributed by atoms with van der Waals surface area (Å²) in [6, 6.07) is 6.82. The molecule has 0 saturated heterocycles. The number of hydrogen-bond acceptors (Lipinski definition) is 3. The smallest absolute Gasteiger partial charge is 0.0949 e. The van der Waals surface area contributed by atoms with Crippen molar-refractivity contribution in [1.82, 2.24) is 4.98 Å². The third-order valence-corrected chi connectivity index (χ3v) is 5.16. The molecule has 2 aromatic rings. The highest BCUT2D eigenvalue weighted by Crippen LogP contribution is 2.29. The van der Waals surface area contributed by atoms with E-state index in [1.54, 1.807) is 11.3 Å². The van der Waals surface area contributed by atoms with E-state index in [1.807, 2.05) is 6.92 Å². The van der Waals surface area contributed by atoms with Gasteiger partial charge in [-0.2, -0.15) is 0 Å². The van der Waals surface area contributed by atoms with Crippen LogP contribution in [0.5, 0.6) is 0 Å². The lowest BCUT2D eigenvalue weighted by Crippen LogP contribution is -2.35. The summed E-state index contributed by atoms with van der Waals surface area (Å²) in [7, 11) is 0. The van der Waals surface area contributed by atoms with Gasteiger partial charge in [-0.15, -0.1) is 11.3 Å². The van der Waals surface area contributed by atoms with E-state index in [-0.39, 0.29) is 5.54 Å². The first-order valence-corrected chi connectivity index (χ1v) is 8.25. The number of nitrogens with zero attached hydrogens (tertiary/aromatic N) is 1. The van der Waals surface area contributed by atoms with Crippen LogP contribution < -0.4 is 5.73 Å². The number of aryl methyl sites for hydroxylation is 3. The lowest BCUT2D eigenvalue weighted by molar-refractivity contribution is 0.488. The van der Waals surface area contributed by atoms with E-state index in [9.17, 15) is 0 Å². The van der Waals surface area contributed by atoms with E-state index < -0.39 is 0 Å². The summed E-state index contributed by atoms with van der Waals surface area (Å²) in [5, 5.41) is 3.23. The maximum absolute atomic E-state index is 6.58. The second-order valence-electron chi connectivity index (χ2n) is 6.17. The SMILES string of the molecule is Cc1csc(CC(C)(N)c2ccc3c(c2)CCCC3)n1. The number of thiazole rings is 1. The fourth-order valence-electron chi connectivity index (χ4n) is 2.99. The summed E-state index contributed by atoms with van der Waals surface area (Å²) in [4.78, 5) is 4.55. The second kappa shape index (κ2) is 5.30. The van der Waals surface area contributed by atoms with Gasteiger partial charge in [-0.05, 0) is 56.2 Å². The first-order valence-electron chi connectivity index (χ1n) is 7.37. The van der Waals surface area contributed by atoms with Crippen LogP contribution in [-0.2, 0) is 24.8 Å². The number of rotatable bonds is 3. The van der Waals surface area contributed by atoms with E-state index in [2.05, 4.69) is 35.5 Å². The summed E-state index contributed by atoms with van der Waals surface area (Å²) in [6.45, 7) is 4.15. The first kappa shape index (κ1) is 13.8. The number of hydrogen-bond donors (Lipinski definition) is 1. The van der Waals surface area contributed by atoms with E-state index in [0.717, 1.165) is 17.1 Å². The maximum atomic E-state index is 6.58. The Labute approximate surface area is 125 Å². The van der Waals surface area contributed by atoms with Crippen LogP contribution in [0.3, 0.4) is 0 Å². The Morgan fingerprint density at radius 3 is 2.70 bits per heavy atom. The zero-order valence-electron chi connectivity index (χ0n) is 12.3. The summed E-state index contributed by atoms with van der Waals surface area (Å²) >= 11 is 1.71. The Hall–Kier alpha value is -1.19. The second-order valence-corrected chi connectivity index (χ2v) is 7.11. The number of benzene rings is 1. The van der Waals surface area contributed by atoms with Crippen LogP contribution in [0.1, 0.15) is 47.2 Å². The molecule has 3 heteroatoms. The molecule has 106 valence electrons. The van der Waals surface area contributed by atoms with Crippen molar-refractivity contribution in [3.05, 3.63) is 51.0 Å². The van der Waals surface area contributed by atoms with Gasteiger partial charge in [0.25, 0.3) is 0 Å². The molecule has 0 spiro atoms. The highest BCUT2D eigenvalue weighted by atomic mass is 32.1. The minimum Gasteiger partial charge on any atom is -0.321 e. The third kappa shape index (κ3) is 2.79. The van der Waals surface area contributed by atoms with Gasteiger partial charge in [-0.25, -0.2) is 4.98 Å². The lowest BCUT2D eigenvalue weighted by atomic mass is 9.84. The fourth-order valence-corrected chi connectivity index (χ4v) is 3.93. The highest BCUT2D eigenvalue weighted by molar-refractivity contribution is 7.09. The largest absolute Gasteiger partial charge is 0.321 e. The molecule has 1 aromatic carbocycles. The minimum atomic E-state index is -0.337. The van der Waals surface area contributed by atoms with Crippen LogP contribution in [0.15, 0.2) is 23.6 Å². The summed E-state index contributed by atoms with van der Waals surface area (Å²) in [6.07, 6.45) is 5.87. The van der Waals surface area contributed by atoms with Gasteiger partial charge >= 0.3 is 0 Å². The van der Waals surface area contributed by atoms with Crippen LogP contribution >= 0.6 is 11.3 Å². The molecule has 1 aliphatic rings. The average molecular weight is 286 g/mol. The summed E-state index contributed by atoms with van der Waals surface area (Å²) < 4.78 is 0. The summed E-state index contributed by atoms with van der Waals surface area (Å²) in [5.74, 6) is 0. The Bertz CT molecular complexity index is 613. The van der Waals surface area contributed by atoms with Crippen molar-refractivity contribution < 1.29 is 0 Å². The lowest BCUT2D eigenvalue weighted by Gasteiger charge is -2.26. The standard InChI is InChI=1S/C17H22N2S/c1-12-11-20-16(19-12)10-17(2,18)15-8-7-13-5-3-4-6-14(13)9-15/h7-9,11H,3-6,10,18H2,1-2H3. The molecule has 0 bridgehead atoms. The van der Waals surface area contributed by atoms with Crippen LogP contribution in [-0.4, -0.2) is 4.98 Å². The zero-order valence-corrected chi connectivity index (χ0v) is 13.1. The Kier molecular flexibility index (Phi) is 3.65. The van der Waals surface area contributed by atoms with E-state index in [1.165, 1.54) is 42.4 Å². The van der Waals surface area contributed by atoms with Gasteiger partial charge in [0.1, 0.15) is 0 Å². The van der Waals surface area contributed by atoms with E-state index in [0.29, 0.717) is 0 Å². The molecule has 2 N–H and O–H groups in total. The van der Waals surface area contributed by atoms with Gasteiger partial charge in [-0.1, -0.05) is 18.2 Å². The van der Waals surface area contributed by atoms with E-state index >= 15 is 0 Å². The van der Waals surface area contributed by atoms with Gasteiger partial charge < -0.3 is 5.73 Å². The van der Waals surface area contributed by atoms with Gasteiger partial charge in [0.15, 0.2) is 0 Å². The predicted molar refractivity (Wildman–Crippen MR) is 85.2 cm³/mol. The third-order valence-electron chi connectivity index (χ3n) is 4.19. The predicted octanol–water partition coefficient (Wildman–Crippen LogP) is 3.75. The summed E-state index contributed by atoms with van der Waals surface area (Å²) in [5.41, 5.74) is 11.6. The van der Waals surface area contributed by atoms with Crippen LogP contribution in [0.4, 0.5) is 0 Å². The fraction of sp³-hybridized carbons (Fsp3) is 0.471. The number of fused-ring (bicyclic) bond motifs is 1. The quantitative estimate of drug-likeness (QED) is 0.933. The van der Waals surface area contributed by atoms with E-state index in [4.69, 9.17) is 5.73 Å². The molecular weight excluding hydrogens is 264 g/mol. The zero-order chi connectivity index (χ0) is 14.2. The molecule has 20 heavy (non-hydrogen) atoms. The molecule has 1 aliphatic carbocycles. The molecule has 0 radical (unpaired) electrons. The number of nitrogens with two attached hydrogens (primary N) is 1. The monoisotopic (exact) mass is 286 g/mol. The van der Waals surface area contributed by atoms with Crippen LogP contribution in [0.2, 0.25) is 0 Å². The minimum absolute atomic E-state index is 0.337. The molecule has 0 saturated carbocycles. The molecule has 1 atom stereocenters. The van der Waals surface area contributed by atoms with Gasteiger partial charge in [-0.3, -0.25) is 0 Å². The van der Waals surface area contributed by atoms with Gasteiger partial charge in [0.2, 0.25) is 0 Å². The molecule has 0 fully saturated rings. The van der Waals surface area contributed by atoms with Crippen molar-refractivity contribution in [3.63, 3.8) is 0 Å². The van der Waals surface area contributed by atoms with Gasteiger partial charge in [0, 0.05) is 23.0 Å². The van der Waals surface area contributed by atoms with Crippen molar-refractivity contribution in [2.75, 3.05) is 0 Å². The van der Waals surface area contributed by atoms with Crippen molar-refractivity contribution in [2.24, 2.45) is 5.73 Å². The molecule has 0 amide bonds. The Balaban J connectivity index is 1.86.